The summed E-state index contributed by atoms with van der Waals surface area (Å²) < 4.78 is 52.8. The van der Waals surface area contributed by atoms with Crippen molar-refractivity contribution in [1.82, 2.24) is 10.6 Å². The van der Waals surface area contributed by atoms with Crippen molar-refractivity contribution in [2.45, 2.75) is 214 Å². The molecule has 7 saturated heterocycles. The van der Waals surface area contributed by atoms with Crippen LogP contribution in [0.5, 0.6) is 0 Å². The molecule has 0 aromatic rings. The third-order valence-electron chi connectivity index (χ3n) is 14.6. The van der Waals surface area contributed by atoms with Gasteiger partial charge in [-0.25, -0.2) is 0 Å². The van der Waals surface area contributed by atoms with Gasteiger partial charge in [0.2, 0.25) is 0 Å². The van der Waals surface area contributed by atoms with E-state index in [1.165, 1.54) is 47.2 Å². The van der Waals surface area contributed by atoms with Gasteiger partial charge in [0.25, 0.3) is 0 Å². The lowest BCUT2D eigenvalue weighted by atomic mass is 9.97. The van der Waals surface area contributed by atoms with Gasteiger partial charge in [0.15, 0.2) is 37.7 Å². The molecule has 546 valence electrons. The summed E-state index contributed by atoms with van der Waals surface area (Å²) in [6.07, 6.45) is -37.7. The van der Waals surface area contributed by atoms with E-state index in [2.05, 4.69) is 15.4 Å². The largest absolute Gasteiger partial charge is 0.394 e. The molecule has 16 unspecified atom stereocenters. The smallest absolute Gasteiger partial charge is 0.186 e. The molecule has 0 aromatic carbocycles. The number of hydrogen-bond donors (Lipinski definition) is 30. The van der Waals surface area contributed by atoms with Gasteiger partial charge in [-0.15, -0.1) is 11.8 Å². The number of nitrogens with one attached hydrogen (secondary N) is 2. The van der Waals surface area contributed by atoms with Gasteiger partial charge in [0, 0.05) is 35.0 Å². The first-order valence-electron chi connectivity index (χ1n) is 27.9. The fourth-order valence-corrected chi connectivity index (χ4v) is 9.78. The van der Waals surface area contributed by atoms with Gasteiger partial charge in [0.05, 0.1) is 45.7 Å². The Labute approximate surface area is 525 Å². The number of aliphatic hydroxyl groups excluding tert-OH is 28. The molecule has 7 aliphatic rings. The molecule has 91 heavy (non-hydrogen) atoms. The van der Waals surface area contributed by atoms with Crippen LogP contribution in [-0.4, -0.2) is 452 Å². The van der Waals surface area contributed by atoms with E-state index < -0.39 is 234 Å². The fourth-order valence-electron chi connectivity index (χ4n) is 9.08. The van der Waals surface area contributed by atoms with E-state index in [1.807, 2.05) is 0 Å². The number of aliphatic hydroxyl groups is 28. The number of hydrogen-bond acceptors (Lipinski definition) is 42. The number of methoxy groups -OCH3 is 4. The van der Waals surface area contributed by atoms with Crippen LogP contribution in [0.1, 0.15) is 0 Å². The summed E-state index contributed by atoms with van der Waals surface area (Å²) in [7, 11) is 8.57. The first-order valence-corrected chi connectivity index (χ1v) is 29.2. The molecule has 30 N–H and O–H groups in total. The molecular formula is C49H100N2O39S. The minimum Gasteiger partial charge on any atom is -0.394 e. The quantitative estimate of drug-likeness (QED) is 0.0724. The minimum absolute atomic E-state index is 0.0266. The fraction of sp³-hybridized carbons (Fsp3) is 1.00. The van der Waals surface area contributed by atoms with Crippen LogP contribution in [0.15, 0.2) is 0 Å². The van der Waals surface area contributed by atoms with Crippen LogP contribution in [0.3, 0.4) is 0 Å². The predicted octanol–water partition coefficient (Wildman–Crippen LogP) is -18.1. The Bertz CT molecular complexity index is 1730. The first kappa shape index (κ1) is 87.7. The molecule has 35 atom stereocenters. The van der Waals surface area contributed by atoms with E-state index in [9.17, 15) is 86.8 Å². The summed E-state index contributed by atoms with van der Waals surface area (Å²) in [6.45, 7) is -1.38. The molecule has 7 aliphatic heterocycles. The number of thioether (sulfide) groups is 1. The highest BCUT2D eigenvalue weighted by atomic mass is 32.2. The Balaban J connectivity index is 0.000000531. The van der Waals surface area contributed by atoms with E-state index in [1.54, 1.807) is 13.3 Å². The minimum atomic E-state index is -1.49. The van der Waals surface area contributed by atoms with Crippen molar-refractivity contribution < 1.29 is 195 Å². The summed E-state index contributed by atoms with van der Waals surface area (Å²) in [5.41, 5.74) is -0.601. The van der Waals surface area contributed by atoms with E-state index in [4.69, 9.17) is 104 Å². The van der Waals surface area contributed by atoms with Gasteiger partial charge >= 0.3 is 0 Å². The summed E-state index contributed by atoms with van der Waals surface area (Å²) in [6, 6.07) is -0.738. The topological polar surface area (TPSA) is 692 Å². The molecule has 7 heterocycles. The number of likely N-dealkylation sites (N-methyl/N-ethyl adjacent to an activating group) is 2. The molecule has 0 bridgehead atoms. The Kier molecular flexibility index (Phi) is 42.3. The lowest BCUT2D eigenvalue weighted by molar-refractivity contribution is -0.294. The maximum absolute atomic E-state index is 9.45. The molecule has 0 aliphatic carbocycles. The average Bonchev–Trinajstić information content (AvgIpc) is 2.07. The third kappa shape index (κ3) is 24.9. The third-order valence-corrected chi connectivity index (χ3v) is 15.5. The highest BCUT2D eigenvalue weighted by Crippen LogP contribution is 2.28. The number of rotatable bonds is 15. The average molecular weight is 1370 g/mol. The number of ether oxygens (including phenoxy) is 11. The molecule has 0 spiro atoms. The highest BCUT2D eigenvalue weighted by molar-refractivity contribution is 7.99. The normalized spacial score (nSPS) is 45.8. The van der Waals surface area contributed by atoms with Crippen LogP contribution in [-0.2, 0) is 52.1 Å². The van der Waals surface area contributed by atoms with Gasteiger partial charge in [-0.3, -0.25) is 0 Å². The van der Waals surface area contributed by atoms with Crippen molar-refractivity contribution in [2.24, 2.45) is 0 Å². The molecule has 7 fully saturated rings. The van der Waals surface area contributed by atoms with Gasteiger partial charge < -0.3 is 206 Å². The highest BCUT2D eigenvalue weighted by Gasteiger charge is 2.49. The van der Waals surface area contributed by atoms with Gasteiger partial charge in [-0.1, -0.05) is 0 Å². The summed E-state index contributed by atoms with van der Waals surface area (Å²) in [5, 5.41) is 262. The Morgan fingerprint density at radius 1 is 0.374 bits per heavy atom. The molecule has 0 radical (unpaired) electrons. The molecule has 0 aromatic heterocycles. The van der Waals surface area contributed by atoms with Crippen LogP contribution < -0.4 is 10.6 Å². The van der Waals surface area contributed by atoms with Crippen LogP contribution in [0.2, 0.25) is 0 Å². The van der Waals surface area contributed by atoms with E-state index in [-0.39, 0.29) is 19.8 Å². The van der Waals surface area contributed by atoms with Crippen LogP contribution in [0, 0.1) is 0 Å². The lowest BCUT2D eigenvalue weighted by Crippen LogP contribution is -2.62. The predicted molar refractivity (Wildman–Crippen MR) is 296 cm³/mol. The van der Waals surface area contributed by atoms with Gasteiger partial charge in [-0.2, -0.15) is 0 Å². The summed E-state index contributed by atoms with van der Waals surface area (Å²) >= 11 is 1.22. The van der Waals surface area contributed by atoms with Gasteiger partial charge in [0.1, 0.15) is 170 Å². The second-order valence-corrected chi connectivity index (χ2v) is 21.9. The van der Waals surface area contributed by atoms with E-state index in [0.717, 1.165) is 0 Å². The standard InChI is InChI=1S/2C7H15NO5.4C7H14O6.C7H14O5S/c1-8-4-6(11)5(10)3(2-9)13-7(4)12;1-8-2-3-4(9)5(10)6(11)7(12)13-3;1-12-2-3(8)6-4(9)5(10)7(11)13-6;1-12-6-4(9)3(2-8)13-7(11)5(6)10;1-12-2-3-4(8)5(9)6(10)7(11)13-3;1-12-7-6(11)5(10)4(9)3(2-8)13-7;1-13-7-6(11)5(10)4(9)3(2-8)12-7/h2*3-12H,2H2,1H3;5*3-11H,2H2,1H3/t3?,4?,5-,6-,7?;3?,4-,5+,6?,7?;3-,4-,5+,6-,7+;3?,4-,5?,6+,7?;3?,4-,5+,6?,7?;3?,4-,5+,6?,7-;3?,4-,5+,6?,7+/m1111111/s1. The van der Waals surface area contributed by atoms with Crippen LogP contribution >= 0.6 is 11.8 Å². The molecule has 0 saturated carbocycles. The maximum atomic E-state index is 9.45. The zero-order valence-electron chi connectivity index (χ0n) is 50.6. The van der Waals surface area contributed by atoms with Crippen molar-refractivity contribution >= 4 is 11.8 Å². The van der Waals surface area contributed by atoms with Crippen molar-refractivity contribution in [3.63, 3.8) is 0 Å². The second-order valence-electron chi connectivity index (χ2n) is 20.9. The maximum Gasteiger partial charge on any atom is 0.186 e. The van der Waals surface area contributed by atoms with E-state index >= 15 is 0 Å². The Morgan fingerprint density at radius 3 is 1.19 bits per heavy atom. The van der Waals surface area contributed by atoms with Crippen molar-refractivity contribution in [1.29, 1.82) is 0 Å². The van der Waals surface area contributed by atoms with Crippen molar-refractivity contribution in [3.8, 4) is 0 Å². The first-order chi connectivity index (χ1) is 42.7. The van der Waals surface area contributed by atoms with Crippen LogP contribution in [0.4, 0.5) is 0 Å². The monoisotopic (exact) mass is 1370 g/mol. The summed E-state index contributed by atoms with van der Waals surface area (Å²) in [4.78, 5) is 0. The zero-order valence-corrected chi connectivity index (χ0v) is 51.4. The van der Waals surface area contributed by atoms with Crippen LogP contribution in [0.25, 0.3) is 0 Å². The molecule has 41 nitrogen and oxygen atoms in total. The van der Waals surface area contributed by atoms with Gasteiger partial charge in [-0.05, 0) is 20.4 Å². The zero-order chi connectivity index (χ0) is 70.1. The van der Waals surface area contributed by atoms with E-state index in [0.29, 0.717) is 6.54 Å². The molecule has 0 amide bonds. The lowest BCUT2D eigenvalue weighted by Gasteiger charge is -2.39. The molecule has 7 rings (SSSR count). The Hall–Kier alpha value is -1.29. The molecular weight excluding hydrogens is 1270 g/mol. The summed E-state index contributed by atoms with van der Waals surface area (Å²) in [5.74, 6) is 0. The SMILES string of the molecule is CNC1C(O)OC(CO)[C@@H](O)[C@@H]1O.CNCC1OC(O)C(O)[C@@H](O)[C@@H]1O.COCC1OC(O)C(O)[C@@H](O)[C@@H]1O.COC[C@@H](O)[C@H]1O[C@H](O)[C@@H](O)[C@H]1O.CO[C@@H]1C(O)C(O)OC(CO)[C@H]1O.CO[C@@H]1OC(CO)[C@@H](O)[C@H](O)C1O.CS[C@@H]1OC(CO)[C@@H](O)[C@H](O)C1O. The van der Waals surface area contributed by atoms with Crippen molar-refractivity contribution in [2.75, 3.05) is 95.0 Å². The second kappa shape index (κ2) is 43.9. The Morgan fingerprint density at radius 2 is 0.758 bits per heavy atom. The van der Waals surface area contributed by atoms with Crippen molar-refractivity contribution in [3.05, 3.63) is 0 Å². The molecule has 42 heteroatoms.